The summed E-state index contributed by atoms with van der Waals surface area (Å²) in [4.78, 5) is 15.5. The number of carbonyl (C=O) groups excluding carboxylic acids is 1. The monoisotopic (exact) mass is 718 g/mol. The Bertz CT molecular complexity index is 782. The van der Waals surface area contributed by atoms with Crippen LogP contribution >= 0.6 is 0 Å². The van der Waals surface area contributed by atoms with E-state index in [-0.39, 0.29) is 12.1 Å². The summed E-state index contributed by atoms with van der Waals surface area (Å²) in [6.07, 6.45) is 42.0. The molecule has 0 radical (unpaired) electrons. The van der Waals surface area contributed by atoms with Crippen LogP contribution in [0.3, 0.4) is 0 Å². The number of carbonyl (C=O) groups is 1. The second-order valence-electron chi connectivity index (χ2n) is 19.2. The van der Waals surface area contributed by atoms with Crippen LogP contribution in [0.4, 0.5) is 0 Å². The average Bonchev–Trinajstić information content (AvgIpc) is 3.08. The number of hydrogen-bond acceptors (Lipinski definition) is 3. The van der Waals surface area contributed by atoms with E-state index in [0.29, 0.717) is 23.2 Å². The van der Waals surface area contributed by atoms with Crippen LogP contribution in [0.2, 0.25) is 0 Å². The van der Waals surface area contributed by atoms with E-state index in [2.05, 4.69) is 60.4 Å². The van der Waals surface area contributed by atoms with E-state index in [9.17, 15) is 4.79 Å². The van der Waals surface area contributed by atoms with Gasteiger partial charge in [0.05, 0.1) is 0 Å². The molecule has 3 nitrogen and oxygen atoms in total. The van der Waals surface area contributed by atoms with Gasteiger partial charge in [-0.3, -0.25) is 4.79 Å². The highest BCUT2D eigenvalue weighted by Crippen LogP contribution is 2.36. The lowest BCUT2D eigenvalue weighted by atomic mass is 9.75. The third kappa shape index (κ3) is 28.5. The van der Waals surface area contributed by atoms with Gasteiger partial charge in [-0.15, -0.1) is 0 Å². The molecular formula is C48H95NO2. The van der Waals surface area contributed by atoms with Crippen LogP contribution in [-0.2, 0) is 9.53 Å². The molecule has 0 aromatic carbocycles. The van der Waals surface area contributed by atoms with Gasteiger partial charge in [-0.05, 0) is 107 Å². The Balaban J connectivity index is 2.50. The lowest BCUT2D eigenvalue weighted by Gasteiger charge is -2.30. The summed E-state index contributed by atoms with van der Waals surface area (Å²) in [7, 11) is 2.20. The standard InChI is InChI=1S/C48H95NO2/c1-9-12-15-17-18-20-27-36-47(4,5)37-28-21-25-32-45(51-46(50)41-43-34-39-49(8)40-35-43)33-26-22-29-38-48(6,7)42-44(30-23-14-11-3)31-24-19-16-13-10-2/h43-45H,9-42H2,1-8H3. The second-order valence-corrected chi connectivity index (χ2v) is 19.2. The molecule has 0 aliphatic carbocycles. The van der Waals surface area contributed by atoms with Crippen LogP contribution in [0, 0.1) is 22.7 Å². The molecule has 2 unspecified atom stereocenters. The van der Waals surface area contributed by atoms with Gasteiger partial charge < -0.3 is 9.64 Å². The van der Waals surface area contributed by atoms with Crippen LogP contribution in [0.1, 0.15) is 254 Å². The summed E-state index contributed by atoms with van der Waals surface area (Å²) in [5.41, 5.74) is 0.893. The van der Waals surface area contributed by atoms with Crippen molar-refractivity contribution in [1.29, 1.82) is 0 Å². The lowest BCUT2D eigenvalue weighted by Crippen LogP contribution is -2.31. The number of unbranched alkanes of at least 4 members (excludes halogenated alkanes) is 16. The quantitative estimate of drug-likeness (QED) is 0.0483. The smallest absolute Gasteiger partial charge is 0.306 e. The molecule has 1 heterocycles. The molecule has 1 aliphatic heterocycles. The number of ether oxygens (including phenoxy) is 1. The first-order valence-electron chi connectivity index (χ1n) is 23.4. The molecule has 0 aromatic rings. The third-order valence-corrected chi connectivity index (χ3v) is 12.6. The van der Waals surface area contributed by atoms with E-state index < -0.39 is 0 Å². The number of esters is 1. The fraction of sp³-hybridized carbons (Fsp3) is 0.979. The minimum atomic E-state index is 0.0790. The first-order chi connectivity index (χ1) is 24.5. The van der Waals surface area contributed by atoms with Gasteiger partial charge in [0.15, 0.2) is 0 Å². The van der Waals surface area contributed by atoms with Crippen molar-refractivity contribution in [2.45, 2.75) is 260 Å². The van der Waals surface area contributed by atoms with Crippen molar-refractivity contribution in [1.82, 2.24) is 4.90 Å². The third-order valence-electron chi connectivity index (χ3n) is 12.6. The highest BCUT2D eigenvalue weighted by Gasteiger charge is 2.25. The maximum absolute atomic E-state index is 13.1. The Labute approximate surface area is 322 Å². The fourth-order valence-corrected chi connectivity index (χ4v) is 8.94. The van der Waals surface area contributed by atoms with Crippen molar-refractivity contribution in [2.75, 3.05) is 20.1 Å². The molecule has 1 saturated heterocycles. The van der Waals surface area contributed by atoms with E-state index in [4.69, 9.17) is 4.74 Å². The molecule has 0 spiro atoms. The van der Waals surface area contributed by atoms with Gasteiger partial charge in [0.2, 0.25) is 0 Å². The van der Waals surface area contributed by atoms with Gasteiger partial charge in [-0.1, -0.05) is 183 Å². The van der Waals surface area contributed by atoms with Crippen molar-refractivity contribution in [3.63, 3.8) is 0 Å². The number of nitrogens with zero attached hydrogens (tertiary/aromatic N) is 1. The maximum Gasteiger partial charge on any atom is 0.306 e. The first kappa shape index (κ1) is 48.4. The molecule has 1 fully saturated rings. The van der Waals surface area contributed by atoms with Crippen LogP contribution in [-0.4, -0.2) is 37.1 Å². The highest BCUT2D eigenvalue weighted by atomic mass is 16.5. The topological polar surface area (TPSA) is 29.5 Å². The predicted molar refractivity (Wildman–Crippen MR) is 227 cm³/mol. The SMILES string of the molecule is CCCCCCCCCC(C)(C)CCCCCC(CCCCCC(C)(C)CC(CCCCC)CCCCCCC)OC(=O)CC1CCN(C)CC1. The zero-order valence-electron chi connectivity index (χ0n) is 36.5. The maximum atomic E-state index is 13.1. The number of rotatable bonds is 35. The number of hydrogen-bond donors (Lipinski definition) is 0. The summed E-state index contributed by atoms with van der Waals surface area (Å²) >= 11 is 0. The van der Waals surface area contributed by atoms with E-state index in [1.54, 1.807) is 0 Å². The normalized spacial score (nSPS) is 16.1. The largest absolute Gasteiger partial charge is 0.462 e. The van der Waals surface area contributed by atoms with E-state index in [0.717, 1.165) is 44.7 Å². The summed E-state index contributed by atoms with van der Waals surface area (Å²) in [6, 6.07) is 0. The second kappa shape index (κ2) is 30.7. The van der Waals surface area contributed by atoms with Gasteiger partial charge in [0.25, 0.3) is 0 Å². The van der Waals surface area contributed by atoms with Crippen LogP contribution in [0.15, 0.2) is 0 Å². The molecule has 1 rings (SSSR count). The summed E-state index contributed by atoms with van der Waals surface area (Å²) < 4.78 is 6.28. The summed E-state index contributed by atoms with van der Waals surface area (Å²) in [5, 5.41) is 0. The fourth-order valence-electron chi connectivity index (χ4n) is 8.94. The summed E-state index contributed by atoms with van der Waals surface area (Å²) in [5.74, 6) is 1.50. The van der Waals surface area contributed by atoms with Crippen molar-refractivity contribution >= 4 is 5.97 Å². The summed E-state index contributed by atoms with van der Waals surface area (Å²) in [6.45, 7) is 19.3. The van der Waals surface area contributed by atoms with Gasteiger partial charge >= 0.3 is 5.97 Å². The molecule has 0 aromatic heterocycles. The minimum Gasteiger partial charge on any atom is -0.462 e. The highest BCUT2D eigenvalue weighted by molar-refractivity contribution is 5.69. The van der Waals surface area contributed by atoms with Gasteiger partial charge in [0, 0.05) is 6.42 Å². The molecule has 0 bridgehead atoms. The van der Waals surface area contributed by atoms with Crippen LogP contribution in [0.25, 0.3) is 0 Å². The molecule has 3 heteroatoms. The molecule has 0 saturated carbocycles. The van der Waals surface area contributed by atoms with E-state index in [1.807, 2.05) is 0 Å². The molecule has 0 N–H and O–H groups in total. The average molecular weight is 718 g/mol. The molecule has 0 amide bonds. The Morgan fingerprint density at radius 3 is 1.49 bits per heavy atom. The van der Waals surface area contributed by atoms with Gasteiger partial charge in [0.1, 0.15) is 6.10 Å². The minimum absolute atomic E-state index is 0.0790. The lowest BCUT2D eigenvalue weighted by molar-refractivity contribution is -0.151. The van der Waals surface area contributed by atoms with Crippen LogP contribution in [0.5, 0.6) is 0 Å². The Morgan fingerprint density at radius 1 is 0.569 bits per heavy atom. The number of piperidine rings is 1. The van der Waals surface area contributed by atoms with E-state index >= 15 is 0 Å². The van der Waals surface area contributed by atoms with Crippen molar-refractivity contribution in [3.05, 3.63) is 0 Å². The molecule has 304 valence electrons. The van der Waals surface area contributed by atoms with Crippen LogP contribution < -0.4 is 0 Å². The predicted octanol–water partition coefficient (Wildman–Crippen LogP) is 15.7. The molecule has 1 aliphatic rings. The Hall–Kier alpha value is -0.570. The number of likely N-dealkylation sites (tertiary alicyclic amines) is 1. The van der Waals surface area contributed by atoms with Crippen molar-refractivity contribution in [3.8, 4) is 0 Å². The first-order valence-corrected chi connectivity index (χ1v) is 23.4. The van der Waals surface area contributed by atoms with Gasteiger partial charge in [-0.25, -0.2) is 0 Å². The molecular weight excluding hydrogens is 623 g/mol. The Kier molecular flexibility index (Phi) is 29.2. The van der Waals surface area contributed by atoms with Crippen molar-refractivity contribution in [2.24, 2.45) is 22.7 Å². The van der Waals surface area contributed by atoms with Gasteiger partial charge in [-0.2, -0.15) is 0 Å². The zero-order valence-corrected chi connectivity index (χ0v) is 36.5. The molecule has 51 heavy (non-hydrogen) atoms. The Morgan fingerprint density at radius 2 is 0.961 bits per heavy atom. The van der Waals surface area contributed by atoms with Crippen molar-refractivity contribution < 1.29 is 9.53 Å². The van der Waals surface area contributed by atoms with E-state index in [1.165, 1.54) is 173 Å². The molecule has 2 atom stereocenters. The zero-order chi connectivity index (χ0) is 37.6.